The van der Waals surface area contributed by atoms with Gasteiger partial charge < -0.3 is 9.15 Å². The number of sulfonamides is 1. The maximum absolute atomic E-state index is 12.4. The van der Waals surface area contributed by atoms with Crippen molar-refractivity contribution in [1.29, 1.82) is 0 Å². The Morgan fingerprint density at radius 2 is 1.81 bits per heavy atom. The minimum atomic E-state index is -3.62. The van der Waals surface area contributed by atoms with Crippen LogP contribution in [0.2, 0.25) is 0 Å². The maximum atomic E-state index is 12.4. The van der Waals surface area contributed by atoms with Crippen LogP contribution in [0.25, 0.3) is 11.5 Å². The molecule has 0 aliphatic heterocycles. The SMILES string of the molecule is COc1ccc(S(=O)(=O)NCCc2nnc(-c3ccc(C)cc3)o2)cc1C. The second-order valence-corrected chi connectivity index (χ2v) is 7.91. The zero-order chi connectivity index (χ0) is 19.4. The molecule has 1 N–H and O–H groups in total. The molecule has 142 valence electrons. The Balaban J connectivity index is 1.62. The molecule has 0 amide bonds. The molecule has 0 atom stereocenters. The third-order valence-corrected chi connectivity index (χ3v) is 5.53. The number of nitrogens with zero attached hydrogens (tertiary/aromatic N) is 2. The minimum Gasteiger partial charge on any atom is -0.496 e. The molecule has 0 aliphatic carbocycles. The van der Waals surface area contributed by atoms with Crippen molar-refractivity contribution in [2.75, 3.05) is 13.7 Å². The predicted octanol–water partition coefficient (Wildman–Crippen LogP) is 2.88. The summed E-state index contributed by atoms with van der Waals surface area (Å²) in [5.74, 6) is 1.43. The molecule has 0 aliphatic rings. The van der Waals surface area contributed by atoms with Gasteiger partial charge in [-0.1, -0.05) is 17.7 Å². The number of aromatic nitrogens is 2. The number of ether oxygens (including phenoxy) is 1. The van der Waals surface area contributed by atoms with Gasteiger partial charge >= 0.3 is 0 Å². The predicted molar refractivity (Wildman–Crippen MR) is 101 cm³/mol. The number of nitrogens with one attached hydrogen (secondary N) is 1. The average Bonchev–Trinajstić information content (AvgIpc) is 3.11. The van der Waals surface area contributed by atoms with Gasteiger partial charge in [0.25, 0.3) is 0 Å². The second kappa shape index (κ2) is 7.89. The molecule has 0 radical (unpaired) electrons. The van der Waals surface area contributed by atoms with Gasteiger partial charge in [0.1, 0.15) is 5.75 Å². The van der Waals surface area contributed by atoms with Crippen molar-refractivity contribution in [3.8, 4) is 17.2 Å². The Hall–Kier alpha value is -2.71. The lowest BCUT2D eigenvalue weighted by atomic mass is 10.1. The summed E-state index contributed by atoms with van der Waals surface area (Å²) in [4.78, 5) is 0.187. The summed E-state index contributed by atoms with van der Waals surface area (Å²) >= 11 is 0. The molecule has 0 saturated carbocycles. The van der Waals surface area contributed by atoms with Crippen LogP contribution in [0, 0.1) is 13.8 Å². The average molecular weight is 387 g/mol. The summed E-state index contributed by atoms with van der Waals surface area (Å²) in [6.07, 6.45) is 0.299. The highest BCUT2D eigenvalue weighted by molar-refractivity contribution is 7.89. The summed E-state index contributed by atoms with van der Waals surface area (Å²) in [7, 11) is -2.08. The molecule has 3 aromatic rings. The quantitative estimate of drug-likeness (QED) is 0.670. The second-order valence-electron chi connectivity index (χ2n) is 6.15. The Morgan fingerprint density at radius 1 is 1.07 bits per heavy atom. The monoisotopic (exact) mass is 387 g/mol. The normalized spacial score (nSPS) is 11.5. The Bertz CT molecular complexity index is 1030. The molecule has 2 aromatic carbocycles. The van der Waals surface area contributed by atoms with Crippen molar-refractivity contribution in [1.82, 2.24) is 14.9 Å². The zero-order valence-corrected chi connectivity index (χ0v) is 16.2. The molecule has 1 heterocycles. The molecule has 3 rings (SSSR count). The fourth-order valence-electron chi connectivity index (χ4n) is 2.56. The fourth-order valence-corrected chi connectivity index (χ4v) is 3.68. The van der Waals surface area contributed by atoms with E-state index in [9.17, 15) is 8.42 Å². The van der Waals surface area contributed by atoms with Crippen LogP contribution in [0.4, 0.5) is 0 Å². The van der Waals surface area contributed by atoms with Crippen molar-refractivity contribution in [2.45, 2.75) is 25.2 Å². The first-order valence-electron chi connectivity index (χ1n) is 8.43. The van der Waals surface area contributed by atoms with Crippen LogP contribution < -0.4 is 9.46 Å². The van der Waals surface area contributed by atoms with Gasteiger partial charge in [0.15, 0.2) is 0 Å². The summed E-state index contributed by atoms with van der Waals surface area (Å²) in [5, 5.41) is 7.99. The molecule has 7 nitrogen and oxygen atoms in total. The lowest BCUT2D eigenvalue weighted by Crippen LogP contribution is -2.26. The van der Waals surface area contributed by atoms with E-state index in [2.05, 4.69) is 14.9 Å². The van der Waals surface area contributed by atoms with Crippen LogP contribution in [0.5, 0.6) is 5.75 Å². The van der Waals surface area contributed by atoms with Crippen molar-refractivity contribution in [3.05, 3.63) is 59.5 Å². The Kier molecular flexibility index (Phi) is 5.57. The van der Waals surface area contributed by atoms with E-state index in [1.54, 1.807) is 26.2 Å². The number of methoxy groups -OCH3 is 1. The summed E-state index contributed by atoms with van der Waals surface area (Å²) in [6.45, 7) is 3.95. The van der Waals surface area contributed by atoms with Gasteiger partial charge in [-0.3, -0.25) is 0 Å². The lowest BCUT2D eigenvalue weighted by Gasteiger charge is -2.09. The van der Waals surface area contributed by atoms with Gasteiger partial charge in [-0.2, -0.15) is 0 Å². The molecule has 0 unspecified atom stereocenters. The van der Waals surface area contributed by atoms with E-state index in [0.29, 0.717) is 24.0 Å². The number of benzene rings is 2. The van der Waals surface area contributed by atoms with Crippen LogP contribution in [0.15, 0.2) is 51.8 Å². The van der Waals surface area contributed by atoms with Gasteiger partial charge in [0, 0.05) is 18.5 Å². The van der Waals surface area contributed by atoms with Crippen LogP contribution >= 0.6 is 0 Å². The Labute approximate surface area is 158 Å². The van der Waals surface area contributed by atoms with Crippen molar-refractivity contribution in [3.63, 3.8) is 0 Å². The third-order valence-electron chi connectivity index (χ3n) is 4.07. The highest BCUT2D eigenvalue weighted by atomic mass is 32.2. The molecular weight excluding hydrogens is 366 g/mol. The summed E-state index contributed by atoms with van der Waals surface area (Å²) in [5.41, 5.74) is 2.72. The zero-order valence-electron chi connectivity index (χ0n) is 15.4. The van der Waals surface area contributed by atoms with E-state index < -0.39 is 10.0 Å². The van der Waals surface area contributed by atoms with E-state index in [-0.39, 0.29) is 11.4 Å². The van der Waals surface area contributed by atoms with Crippen LogP contribution in [-0.4, -0.2) is 32.3 Å². The lowest BCUT2D eigenvalue weighted by molar-refractivity contribution is 0.411. The van der Waals surface area contributed by atoms with Gasteiger partial charge in [0.2, 0.25) is 21.8 Å². The van der Waals surface area contributed by atoms with Crippen LogP contribution in [0.1, 0.15) is 17.0 Å². The molecule has 27 heavy (non-hydrogen) atoms. The molecule has 0 bridgehead atoms. The number of hydrogen-bond donors (Lipinski definition) is 1. The highest BCUT2D eigenvalue weighted by Gasteiger charge is 2.16. The first kappa shape index (κ1) is 19.1. The maximum Gasteiger partial charge on any atom is 0.247 e. The van der Waals surface area contributed by atoms with Crippen LogP contribution in [0.3, 0.4) is 0 Å². The molecule has 0 saturated heterocycles. The number of aryl methyl sites for hydroxylation is 2. The largest absolute Gasteiger partial charge is 0.496 e. The number of hydrogen-bond acceptors (Lipinski definition) is 6. The van der Waals surface area contributed by atoms with Gasteiger partial charge in [-0.15, -0.1) is 10.2 Å². The molecule has 1 aromatic heterocycles. The topological polar surface area (TPSA) is 94.3 Å². The first-order valence-corrected chi connectivity index (χ1v) is 9.91. The van der Waals surface area contributed by atoms with E-state index in [1.165, 1.54) is 6.07 Å². The van der Waals surface area contributed by atoms with Crippen molar-refractivity contribution in [2.24, 2.45) is 0 Å². The van der Waals surface area contributed by atoms with Crippen LogP contribution in [-0.2, 0) is 16.4 Å². The minimum absolute atomic E-state index is 0.156. The third kappa shape index (κ3) is 4.53. The van der Waals surface area contributed by atoms with E-state index in [1.807, 2.05) is 31.2 Å². The smallest absolute Gasteiger partial charge is 0.247 e. The van der Waals surface area contributed by atoms with Gasteiger partial charge in [0.05, 0.1) is 12.0 Å². The number of rotatable bonds is 7. The molecule has 8 heteroatoms. The standard InChI is InChI=1S/C19H21N3O4S/c1-13-4-6-15(7-5-13)19-22-21-18(26-19)10-11-20-27(23,24)16-8-9-17(25-3)14(2)12-16/h4-9,12,20H,10-11H2,1-3H3. The molecule has 0 spiro atoms. The van der Waals surface area contributed by atoms with E-state index >= 15 is 0 Å². The van der Waals surface area contributed by atoms with Crippen molar-refractivity contribution >= 4 is 10.0 Å². The highest BCUT2D eigenvalue weighted by Crippen LogP contribution is 2.21. The van der Waals surface area contributed by atoms with Crippen molar-refractivity contribution < 1.29 is 17.6 Å². The molecule has 0 fully saturated rings. The summed E-state index contributed by atoms with van der Waals surface area (Å²) in [6, 6.07) is 12.5. The Morgan fingerprint density at radius 3 is 2.48 bits per heavy atom. The van der Waals surface area contributed by atoms with Gasteiger partial charge in [-0.25, -0.2) is 13.1 Å². The first-order chi connectivity index (χ1) is 12.9. The van der Waals surface area contributed by atoms with Gasteiger partial charge in [-0.05, 0) is 49.7 Å². The van der Waals surface area contributed by atoms with E-state index in [4.69, 9.17) is 9.15 Å². The summed E-state index contributed by atoms with van der Waals surface area (Å²) < 4.78 is 38.1. The molecular formula is C19H21N3O4S. The fraction of sp³-hybridized carbons (Fsp3) is 0.263. The van der Waals surface area contributed by atoms with E-state index in [0.717, 1.165) is 16.7 Å².